The number of hydrogen-bond acceptors (Lipinski definition) is 6. The fourth-order valence-electron chi connectivity index (χ4n) is 6.41. The fourth-order valence-corrected chi connectivity index (χ4v) is 6.41. The molecule has 0 aromatic heterocycles. The van der Waals surface area contributed by atoms with Crippen LogP contribution in [0, 0.1) is 17.7 Å². The summed E-state index contributed by atoms with van der Waals surface area (Å²) in [4.78, 5) is 54.4. The van der Waals surface area contributed by atoms with Gasteiger partial charge in [0.25, 0.3) is 0 Å². The van der Waals surface area contributed by atoms with E-state index < -0.39 is 6.03 Å². The lowest BCUT2D eigenvalue weighted by molar-refractivity contribution is -0.123. The van der Waals surface area contributed by atoms with Crippen LogP contribution in [0.1, 0.15) is 73.2 Å². The van der Waals surface area contributed by atoms with Gasteiger partial charge in [0.1, 0.15) is 5.82 Å². The molecule has 2 aromatic carbocycles. The maximum atomic E-state index is 13.4. The number of hydrogen-bond donors (Lipinski definition) is 3. The summed E-state index contributed by atoms with van der Waals surface area (Å²) in [7, 11) is 0. The Morgan fingerprint density at radius 2 is 1.59 bits per heavy atom. The van der Waals surface area contributed by atoms with E-state index in [1.165, 1.54) is 32.0 Å². The van der Waals surface area contributed by atoms with Gasteiger partial charge < -0.3 is 20.9 Å². The zero-order valence-corrected chi connectivity index (χ0v) is 26.3. The van der Waals surface area contributed by atoms with Crippen LogP contribution in [0.4, 0.5) is 14.9 Å². The quantitative estimate of drug-likeness (QED) is 0.324. The first kappa shape index (κ1) is 33.3. The number of benzene rings is 2. The molecule has 3 amide bonds. The number of amides is 3. The number of likely N-dealkylation sites (tertiary alicyclic amines) is 2. The molecule has 0 aliphatic carbocycles. The molecule has 2 heterocycles. The van der Waals surface area contributed by atoms with Crippen LogP contribution in [0.5, 0.6) is 0 Å². The SMILES string of the molecule is CC(=O)c1cc(NC(=O)N[C@@H]2CCN(CC(=O)NC(C)C)C[C@H]2CN2CCC[C@@H](Cc3ccc(F)cc3)C2)cc(C(C)=O)c1. The van der Waals surface area contributed by atoms with E-state index in [4.69, 9.17) is 0 Å². The van der Waals surface area contributed by atoms with Crippen LogP contribution in [-0.2, 0) is 11.2 Å². The fraction of sp³-hybridized carbons (Fsp3) is 0.529. The van der Waals surface area contributed by atoms with Crippen molar-refractivity contribution in [2.45, 2.75) is 65.5 Å². The first-order valence-corrected chi connectivity index (χ1v) is 15.7. The highest BCUT2D eigenvalue weighted by Gasteiger charge is 2.34. The van der Waals surface area contributed by atoms with Crippen LogP contribution < -0.4 is 16.0 Å². The molecular formula is C34H46FN5O4. The Balaban J connectivity index is 1.44. The molecule has 238 valence electrons. The number of nitrogens with one attached hydrogen (secondary N) is 3. The van der Waals surface area contributed by atoms with Gasteiger partial charge in [-0.25, -0.2) is 9.18 Å². The van der Waals surface area contributed by atoms with Gasteiger partial charge >= 0.3 is 6.03 Å². The minimum atomic E-state index is -0.394. The topological polar surface area (TPSA) is 111 Å². The second-order valence-corrected chi connectivity index (χ2v) is 12.7. The number of Topliss-reactive ketones (excluding diaryl/α,β-unsaturated/α-hetero) is 2. The molecule has 2 fully saturated rings. The van der Waals surface area contributed by atoms with E-state index in [-0.39, 0.29) is 41.3 Å². The summed E-state index contributed by atoms with van der Waals surface area (Å²) in [5.74, 6) is -0.0653. The number of piperidine rings is 2. The predicted molar refractivity (Wildman–Crippen MR) is 169 cm³/mol. The van der Waals surface area contributed by atoms with Crippen molar-refractivity contribution in [2.24, 2.45) is 11.8 Å². The Morgan fingerprint density at radius 1 is 0.909 bits per heavy atom. The standard InChI is InChI=1S/C34H46FN5O4/c1-22(2)36-33(43)21-40-13-11-32(38-34(44)37-31-16-27(23(3)41)15-28(17-31)24(4)42)29(20-40)19-39-12-5-6-26(18-39)14-25-7-9-30(35)10-8-25/h7-10,15-17,22,26,29,32H,5-6,11-14,18-21H2,1-4H3,(H,36,43)(H2,37,38,44)/t26-,29+,32+/m0/s1. The van der Waals surface area contributed by atoms with Gasteiger partial charge in [0.2, 0.25) is 5.91 Å². The number of halogens is 1. The highest BCUT2D eigenvalue weighted by Crippen LogP contribution is 2.25. The van der Waals surface area contributed by atoms with Crippen molar-refractivity contribution < 1.29 is 23.6 Å². The van der Waals surface area contributed by atoms with Crippen LogP contribution >= 0.6 is 0 Å². The molecular weight excluding hydrogens is 561 g/mol. The number of urea groups is 1. The van der Waals surface area contributed by atoms with E-state index in [0.29, 0.717) is 48.8 Å². The number of rotatable bonds is 11. The largest absolute Gasteiger partial charge is 0.353 e. The Kier molecular flexibility index (Phi) is 11.6. The van der Waals surface area contributed by atoms with Crippen LogP contribution in [0.2, 0.25) is 0 Å². The molecule has 0 spiro atoms. The average Bonchev–Trinajstić information content (AvgIpc) is 2.95. The number of nitrogens with zero attached hydrogens (tertiary/aromatic N) is 2. The van der Waals surface area contributed by atoms with Gasteiger partial charge in [0, 0.05) is 61.0 Å². The normalized spacial score (nSPS) is 21.1. The zero-order valence-electron chi connectivity index (χ0n) is 26.3. The highest BCUT2D eigenvalue weighted by molar-refractivity contribution is 6.02. The monoisotopic (exact) mass is 607 g/mol. The Labute approximate surface area is 259 Å². The van der Waals surface area contributed by atoms with E-state index in [9.17, 15) is 23.6 Å². The molecule has 44 heavy (non-hydrogen) atoms. The third-order valence-corrected chi connectivity index (χ3v) is 8.49. The lowest BCUT2D eigenvalue weighted by Gasteiger charge is -2.42. The molecule has 2 aromatic rings. The zero-order chi connectivity index (χ0) is 31.8. The minimum Gasteiger partial charge on any atom is -0.353 e. The van der Waals surface area contributed by atoms with Crippen LogP contribution in [-0.4, -0.2) is 84.7 Å². The first-order valence-electron chi connectivity index (χ1n) is 15.7. The molecule has 0 radical (unpaired) electrons. The summed E-state index contributed by atoms with van der Waals surface area (Å²) in [6.07, 6.45) is 3.77. The average molecular weight is 608 g/mol. The molecule has 9 nitrogen and oxygen atoms in total. The van der Waals surface area contributed by atoms with Crippen molar-refractivity contribution in [3.8, 4) is 0 Å². The van der Waals surface area contributed by atoms with Crippen molar-refractivity contribution in [1.82, 2.24) is 20.4 Å². The molecule has 2 saturated heterocycles. The second-order valence-electron chi connectivity index (χ2n) is 12.7. The van der Waals surface area contributed by atoms with Gasteiger partial charge in [0.15, 0.2) is 11.6 Å². The molecule has 0 unspecified atom stereocenters. The number of anilines is 1. The van der Waals surface area contributed by atoms with Crippen LogP contribution in [0.25, 0.3) is 0 Å². The highest BCUT2D eigenvalue weighted by atomic mass is 19.1. The Hall–Kier alpha value is -3.63. The van der Waals surface area contributed by atoms with Gasteiger partial charge in [-0.1, -0.05) is 12.1 Å². The summed E-state index contributed by atoms with van der Waals surface area (Å²) < 4.78 is 13.4. The number of ketones is 2. The van der Waals surface area contributed by atoms with Crippen molar-refractivity contribution >= 4 is 29.2 Å². The summed E-state index contributed by atoms with van der Waals surface area (Å²) >= 11 is 0. The summed E-state index contributed by atoms with van der Waals surface area (Å²) in [6.45, 7) is 11.1. The minimum absolute atomic E-state index is 0.00753. The molecule has 2 aliphatic heterocycles. The van der Waals surface area contributed by atoms with Gasteiger partial charge in [-0.2, -0.15) is 0 Å². The van der Waals surface area contributed by atoms with Crippen molar-refractivity contribution in [1.29, 1.82) is 0 Å². The Morgan fingerprint density at radius 3 is 2.23 bits per heavy atom. The van der Waals surface area contributed by atoms with Crippen LogP contribution in [0.15, 0.2) is 42.5 Å². The predicted octanol–water partition coefficient (Wildman–Crippen LogP) is 4.52. The van der Waals surface area contributed by atoms with Crippen molar-refractivity contribution in [3.63, 3.8) is 0 Å². The maximum absolute atomic E-state index is 13.4. The van der Waals surface area contributed by atoms with Crippen molar-refractivity contribution in [2.75, 3.05) is 44.6 Å². The molecule has 0 saturated carbocycles. The van der Waals surface area contributed by atoms with Crippen molar-refractivity contribution in [3.05, 3.63) is 65.0 Å². The lowest BCUT2D eigenvalue weighted by atomic mass is 9.88. The van der Waals surface area contributed by atoms with E-state index >= 15 is 0 Å². The number of carbonyl (C=O) groups excluding carboxylic acids is 4. The molecule has 10 heteroatoms. The smallest absolute Gasteiger partial charge is 0.319 e. The second kappa shape index (κ2) is 15.4. The summed E-state index contributed by atoms with van der Waals surface area (Å²) in [5.41, 5.74) is 2.24. The van der Waals surface area contributed by atoms with Gasteiger partial charge in [-0.05, 0) is 102 Å². The van der Waals surface area contributed by atoms with E-state index in [1.54, 1.807) is 12.1 Å². The third-order valence-electron chi connectivity index (χ3n) is 8.49. The summed E-state index contributed by atoms with van der Waals surface area (Å²) in [5, 5.41) is 8.96. The lowest BCUT2D eigenvalue weighted by Crippen LogP contribution is -2.56. The van der Waals surface area contributed by atoms with E-state index in [0.717, 1.165) is 44.5 Å². The molecule has 3 atom stereocenters. The molecule has 2 aliphatic rings. The van der Waals surface area contributed by atoms with Gasteiger partial charge in [-0.3, -0.25) is 19.3 Å². The maximum Gasteiger partial charge on any atom is 0.319 e. The Bertz CT molecular complexity index is 1300. The van der Waals surface area contributed by atoms with E-state index in [2.05, 4.69) is 25.8 Å². The molecule has 3 N–H and O–H groups in total. The molecule has 4 rings (SSSR count). The third kappa shape index (κ3) is 9.95. The molecule has 0 bridgehead atoms. The van der Waals surface area contributed by atoms with Gasteiger partial charge in [-0.15, -0.1) is 0 Å². The number of carbonyl (C=O) groups is 4. The summed E-state index contributed by atoms with van der Waals surface area (Å²) in [6, 6.07) is 11.0. The van der Waals surface area contributed by atoms with Gasteiger partial charge in [0.05, 0.1) is 6.54 Å². The van der Waals surface area contributed by atoms with E-state index in [1.807, 2.05) is 26.0 Å². The van der Waals surface area contributed by atoms with Crippen LogP contribution in [0.3, 0.4) is 0 Å². The first-order chi connectivity index (χ1) is 20.9.